The number of benzene rings is 3. The molecule has 0 atom stereocenters. The molecule has 3 aromatic carbocycles. The average Bonchev–Trinajstić information content (AvgIpc) is 3.20. The first-order valence-corrected chi connectivity index (χ1v) is 11.3. The lowest BCUT2D eigenvalue weighted by Gasteiger charge is -2.09. The number of carbonyl (C=O) groups is 1. The number of nitrogens with zero attached hydrogens (tertiary/aromatic N) is 1. The number of amides is 1. The van der Waals surface area contributed by atoms with Gasteiger partial charge in [0.1, 0.15) is 15.5 Å². The van der Waals surface area contributed by atoms with Crippen LogP contribution in [0.5, 0.6) is 0 Å². The number of aromatic nitrogens is 1. The van der Waals surface area contributed by atoms with E-state index in [1.54, 1.807) is 12.1 Å². The van der Waals surface area contributed by atoms with Gasteiger partial charge in [-0.25, -0.2) is 9.37 Å². The molecule has 162 valence electrons. The van der Waals surface area contributed by atoms with Crippen molar-refractivity contribution in [3.8, 4) is 22.4 Å². The van der Waals surface area contributed by atoms with Gasteiger partial charge in [-0.15, -0.1) is 11.3 Å². The van der Waals surface area contributed by atoms with Gasteiger partial charge in [0.25, 0.3) is 5.91 Å². The van der Waals surface area contributed by atoms with Gasteiger partial charge >= 0.3 is 0 Å². The highest BCUT2D eigenvalue weighted by atomic mass is 32.1. The predicted octanol–water partition coefficient (Wildman–Crippen LogP) is 6.28. The van der Waals surface area contributed by atoms with Gasteiger partial charge in [-0.05, 0) is 34.9 Å². The van der Waals surface area contributed by atoms with Crippen LogP contribution in [0.3, 0.4) is 0 Å². The molecule has 0 aliphatic carbocycles. The van der Waals surface area contributed by atoms with E-state index in [-0.39, 0.29) is 18.3 Å². The van der Waals surface area contributed by atoms with Crippen LogP contribution in [0.1, 0.15) is 15.2 Å². The summed E-state index contributed by atoms with van der Waals surface area (Å²) in [5.74, 6) is -0.590. The van der Waals surface area contributed by atoms with Gasteiger partial charge in [0.05, 0.1) is 11.4 Å². The van der Waals surface area contributed by atoms with E-state index >= 15 is 0 Å². The highest BCUT2D eigenvalue weighted by Gasteiger charge is 2.21. The zero-order valence-electron chi connectivity index (χ0n) is 17.6. The van der Waals surface area contributed by atoms with Crippen LogP contribution in [-0.4, -0.2) is 10.9 Å². The molecule has 6 heteroatoms. The molecule has 4 nitrogen and oxygen atoms in total. The Morgan fingerprint density at radius 3 is 2.21 bits per heavy atom. The first-order valence-electron chi connectivity index (χ1n) is 10.5. The summed E-state index contributed by atoms with van der Waals surface area (Å²) >= 11 is 1.28. The Morgan fingerprint density at radius 1 is 0.909 bits per heavy atom. The summed E-state index contributed by atoms with van der Waals surface area (Å²) < 4.78 is 13.1. The molecule has 0 aliphatic heterocycles. The summed E-state index contributed by atoms with van der Waals surface area (Å²) in [5, 5.41) is 3.66. The minimum atomic E-state index is -0.312. The number of pyridine rings is 1. The van der Waals surface area contributed by atoms with E-state index in [9.17, 15) is 9.18 Å². The molecule has 0 spiro atoms. The fourth-order valence-electron chi connectivity index (χ4n) is 3.76. The molecular weight excluding hydrogens is 433 g/mol. The van der Waals surface area contributed by atoms with Crippen molar-refractivity contribution in [2.45, 2.75) is 6.54 Å². The van der Waals surface area contributed by atoms with Gasteiger partial charge < -0.3 is 11.1 Å². The number of rotatable bonds is 5. The van der Waals surface area contributed by atoms with E-state index in [1.165, 1.54) is 23.5 Å². The van der Waals surface area contributed by atoms with E-state index in [0.717, 1.165) is 33.3 Å². The van der Waals surface area contributed by atoms with Crippen molar-refractivity contribution in [1.82, 2.24) is 10.3 Å². The second-order valence-electron chi connectivity index (χ2n) is 7.62. The Balaban J connectivity index is 1.58. The van der Waals surface area contributed by atoms with Crippen molar-refractivity contribution in [2.24, 2.45) is 0 Å². The van der Waals surface area contributed by atoms with Crippen LogP contribution in [-0.2, 0) is 6.54 Å². The van der Waals surface area contributed by atoms with E-state index < -0.39 is 0 Å². The van der Waals surface area contributed by atoms with Crippen molar-refractivity contribution < 1.29 is 9.18 Å². The van der Waals surface area contributed by atoms with Crippen LogP contribution in [0.2, 0.25) is 0 Å². The minimum Gasteiger partial charge on any atom is -0.397 e. The third-order valence-electron chi connectivity index (χ3n) is 5.43. The summed E-state index contributed by atoms with van der Waals surface area (Å²) in [6, 6.07) is 27.9. The van der Waals surface area contributed by atoms with Crippen molar-refractivity contribution in [2.75, 3.05) is 5.73 Å². The molecule has 2 aromatic heterocycles. The zero-order valence-corrected chi connectivity index (χ0v) is 18.4. The standard InChI is InChI=1S/C27H20FN3OS/c28-20-13-11-17(12-14-20)16-30-26(32)25-24(29)23-21(18-7-3-1-4-8-18)15-22(31-27(23)33-25)19-9-5-2-6-10-19/h1-15H,16,29H2,(H,30,32). The number of hydrogen-bond acceptors (Lipinski definition) is 4. The molecule has 0 radical (unpaired) electrons. The highest BCUT2D eigenvalue weighted by Crippen LogP contribution is 2.41. The smallest absolute Gasteiger partial charge is 0.263 e. The zero-order chi connectivity index (χ0) is 22.8. The van der Waals surface area contributed by atoms with Crippen LogP contribution >= 0.6 is 11.3 Å². The average molecular weight is 454 g/mol. The fraction of sp³-hybridized carbons (Fsp3) is 0.0370. The van der Waals surface area contributed by atoms with Crippen LogP contribution in [0.25, 0.3) is 32.6 Å². The topological polar surface area (TPSA) is 68.0 Å². The summed E-state index contributed by atoms with van der Waals surface area (Å²) in [6.07, 6.45) is 0. The number of halogens is 1. The Labute approximate surface area is 194 Å². The second kappa shape index (κ2) is 8.84. The largest absolute Gasteiger partial charge is 0.397 e. The van der Waals surface area contributed by atoms with E-state index in [1.807, 2.05) is 66.7 Å². The second-order valence-corrected chi connectivity index (χ2v) is 8.62. The number of thiophene rings is 1. The molecule has 0 fully saturated rings. The normalized spacial score (nSPS) is 10.9. The Morgan fingerprint density at radius 2 is 1.55 bits per heavy atom. The SMILES string of the molecule is Nc1c(C(=O)NCc2ccc(F)cc2)sc2nc(-c3ccccc3)cc(-c3ccccc3)c12. The number of nitrogens with one attached hydrogen (secondary N) is 1. The predicted molar refractivity (Wildman–Crippen MR) is 132 cm³/mol. The molecule has 0 bridgehead atoms. The first-order chi connectivity index (χ1) is 16.1. The Bertz CT molecular complexity index is 1430. The molecule has 3 N–H and O–H groups in total. The number of hydrogen-bond donors (Lipinski definition) is 2. The molecule has 2 heterocycles. The lowest BCUT2D eigenvalue weighted by Crippen LogP contribution is -2.22. The molecule has 0 aliphatic rings. The van der Waals surface area contributed by atoms with Crippen molar-refractivity contribution >= 4 is 33.1 Å². The van der Waals surface area contributed by atoms with Crippen LogP contribution in [0.15, 0.2) is 91.0 Å². The summed E-state index contributed by atoms with van der Waals surface area (Å²) in [6.45, 7) is 0.279. The van der Waals surface area contributed by atoms with Crippen LogP contribution in [0, 0.1) is 5.82 Å². The summed E-state index contributed by atoms with van der Waals surface area (Å²) in [4.78, 5) is 19.0. The third kappa shape index (κ3) is 4.21. The Kier molecular flexibility index (Phi) is 5.59. The summed E-state index contributed by atoms with van der Waals surface area (Å²) in [5.41, 5.74) is 11.5. The van der Waals surface area contributed by atoms with Crippen LogP contribution < -0.4 is 11.1 Å². The minimum absolute atomic E-state index is 0.278. The molecule has 5 aromatic rings. The van der Waals surface area contributed by atoms with Gasteiger partial charge in [-0.1, -0.05) is 72.8 Å². The number of anilines is 1. The maximum Gasteiger partial charge on any atom is 0.263 e. The highest BCUT2D eigenvalue weighted by molar-refractivity contribution is 7.21. The summed E-state index contributed by atoms with van der Waals surface area (Å²) in [7, 11) is 0. The van der Waals surface area contributed by atoms with Gasteiger partial charge in [-0.2, -0.15) is 0 Å². The van der Waals surface area contributed by atoms with Crippen molar-refractivity contribution in [1.29, 1.82) is 0 Å². The van der Waals surface area contributed by atoms with Gasteiger partial charge in [0.15, 0.2) is 0 Å². The Hall–Kier alpha value is -4.03. The van der Waals surface area contributed by atoms with E-state index in [4.69, 9.17) is 10.7 Å². The monoisotopic (exact) mass is 453 g/mol. The van der Waals surface area contributed by atoms with Crippen molar-refractivity contribution in [3.63, 3.8) is 0 Å². The van der Waals surface area contributed by atoms with Crippen LogP contribution in [0.4, 0.5) is 10.1 Å². The first kappa shape index (κ1) is 20.8. The fourth-order valence-corrected chi connectivity index (χ4v) is 4.79. The third-order valence-corrected chi connectivity index (χ3v) is 6.52. The lowest BCUT2D eigenvalue weighted by atomic mass is 9.99. The number of fused-ring (bicyclic) bond motifs is 1. The maximum absolute atomic E-state index is 13.1. The molecule has 33 heavy (non-hydrogen) atoms. The van der Waals surface area contributed by atoms with E-state index in [2.05, 4.69) is 5.32 Å². The molecule has 5 rings (SSSR count). The maximum atomic E-state index is 13.1. The van der Waals surface area contributed by atoms with Gasteiger partial charge in [0, 0.05) is 17.5 Å². The number of nitrogens with two attached hydrogens (primary N) is 1. The molecule has 1 amide bonds. The van der Waals surface area contributed by atoms with E-state index in [0.29, 0.717) is 15.4 Å². The molecular formula is C27H20FN3OS. The molecule has 0 saturated heterocycles. The van der Waals surface area contributed by atoms with Gasteiger partial charge in [0.2, 0.25) is 0 Å². The molecule has 0 unspecified atom stereocenters. The van der Waals surface area contributed by atoms with Gasteiger partial charge in [-0.3, -0.25) is 4.79 Å². The van der Waals surface area contributed by atoms with Crippen molar-refractivity contribution in [3.05, 3.63) is 107 Å². The number of nitrogen functional groups attached to an aromatic ring is 1. The molecule has 0 saturated carbocycles. The number of carbonyl (C=O) groups excluding carboxylic acids is 1. The lowest BCUT2D eigenvalue weighted by molar-refractivity contribution is 0.0956. The quantitative estimate of drug-likeness (QED) is 0.329.